The number of hydrogen-bond acceptors (Lipinski definition) is 19. The lowest BCUT2D eigenvalue weighted by Crippen LogP contribution is -2.66. The van der Waals surface area contributed by atoms with Crippen molar-refractivity contribution in [3.8, 4) is 0 Å². The van der Waals surface area contributed by atoms with E-state index in [0.29, 0.717) is 0 Å². The maximum absolute atomic E-state index is 12.4. The molecule has 3 fully saturated rings. The van der Waals surface area contributed by atoms with Gasteiger partial charge in [-0.2, -0.15) is 0 Å². The van der Waals surface area contributed by atoms with Crippen molar-refractivity contribution in [1.82, 2.24) is 0 Å². The summed E-state index contributed by atoms with van der Waals surface area (Å²) in [7, 11) is 1.22. The van der Waals surface area contributed by atoms with Gasteiger partial charge < -0.3 is 89.7 Å². The number of aliphatic carboxylic acids is 1. The van der Waals surface area contributed by atoms with Gasteiger partial charge in [-0.05, 0) is 0 Å². The molecule has 0 saturated carbocycles. The van der Waals surface area contributed by atoms with Crippen LogP contribution in [0.4, 0.5) is 0 Å². The van der Waals surface area contributed by atoms with E-state index in [4.69, 9.17) is 28.4 Å². The van der Waals surface area contributed by atoms with Crippen LogP contribution in [0.1, 0.15) is 6.42 Å². The van der Waals surface area contributed by atoms with Gasteiger partial charge in [0.25, 0.3) is 5.79 Å². The van der Waals surface area contributed by atoms with Crippen molar-refractivity contribution >= 4 is 12.4 Å². The standard InChI is InChI=1S/C23H39NO19/c1-38-6-24-11-7(27)2-23(22(36)37,43-19(11)12(29)8(28)3-25)39-5-10-13(30)14(31)17(34)21(41-10)42-18-9(4-26)40-20(35)16(33)15(18)32/h6-21,25-35H,2-5H2,1H3,(H,36,37). The number of ether oxygens (including phenoxy) is 6. The molecule has 0 aromatic rings. The van der Waals surface area contributed by atoms with E-state index >= 15 is 0 Å². The SMILES string of the molecule is COC=NC1C(O)CC(OCC2OC(OC3C(CO)OC(O)C(O)C3O)C(O)C(O)C2O)(C(=O)O)OC1C(O)C(O)CO. The fourth-order valence-corrected chi connectivity index (χ4v) is 4.93. The fraction of sp³-hybridized carbons (Fsp3) is 0.913. The Bertz CT molecular complexity index is 927. The first kappa shape index (κ1) is 35.8. The van der Waals surface area contributed by atoms with Crippen LogP contribution in [-0.2, 0) is 33.2 Å². The number of carboxylic acids is 1. The van der Waals surface area contributed by atoms with Crippen LogP contribution in [0, 0.1) is 0 Å². The van der Waals surface area contributed by atoms with E-state index < -0.39 is 130 Å². The molecule has 20 nitrogen and oxygen atoms in total. The molecule has 0 aromatic carbocycles. The summed E-state index contributed by atoms with van der Waals surface area (Å²) >= 11 is 0. The van der Waals surface area contributed by atoms with Gasteiger partial charge in [0.05, 0.1) is 33.0 Å². The molecule has 0 spiro atoms. The zero-order chi connectivity index (χ0) is 32.2. The summed E-state index contributed by atoms with van der Waals surface area (Å²) in [5.41, 5.74) is 0. The lowest BCUT2D eigenvalue weighted by atomic mass is 9.89. The van der Waals surface area contributed by atoms with Crippen LogP contribution < -0.4 is 0 Å². The van der Waals surface area contributed by atoms with Crippen LogP contribution in [0.15, 0.2) is 4.99 Å². The quantitative estimate of drug-likeness (QED) is 0.0701. The Balaban J connectivity index is 1.82. The minimum Gasteiger partial charge on any atom is -0.487 e. The number of carbonyl (C=O) groups is 1. The Labute approximate surface area is 243 Å². The molecular weight excluding hydrogens is 594 g/mol. The highest BCUT2D eigenvalue weighted by Crippen LogP contribution is 2.36. The largest absolute Gasteiger partial charge is 0.487 e. The van der Waals surface area contributed by atoms with E-state index in [9.17, 15) is 66.1 Å². The zero-order valence-electron chi connectivity index (χ0n) is 22.7. The van der Waals surface area contributed by atoms with Gasteiger partial charge in [0.1, 0.15) is 73.2 Å². The first-order valence-corrected chi connectivity index (χ1v) is 13.1. The second kappa shape index (κ2) is 15.1. The van der Waals surface area contributed by atoms with Gasteiger partial charge >= 0.3 is 5.97 Å². The molecule has 3 heterocycles. The summed E-state index contributed by atoms with van der Waals surface area (Å²) in [5.74, 6) is -4.62. The second-order valence-corrected chi connectivity index (χ2v) is 10.3. The van der Waals surface area contributed by atoms with Gasteiger partial charge in [0.2, 0.25) is 0 Å². The van der Waals surface area contributed by atoms with E-state index in [1.165, 1.54) is 7.11 Å². The predicted molar refractivity (Wildman–Crippen MR) is 132 cm³/mol. The number of rotatable bonds is 12. The van der Waals surface area contributed by atoms with Crippen molar-refractivity contribution in [2.45, 2.75) is 104 Å². The monoisotopic (exact) mass is 633 g/mol. The van der Waals surface area contributed by atoms with Gasteiger partial charge in [-0.3, -0.25) is 0 Å². The molecule has 43 heavy (non-hydrogen) atoms. The van der Waals surface area contributed by atoms with Crippen molar-refractivity contribution in [3.05, 3.63) is 0 Å². The Kier molecular flexibility index (Phi) is 12.5. The summed E-state index contributed by atoms with van der Waals surface area (Å²) in [4.78, 5) is 16.2. The molecule has 0 aromatic heterocycles. The average Bonchev–Trinajstić information content (AvgIpc) is 2.98. The highest BCUT2D eigenvalue weighted by Gasteiger charge is 2.57. The number of aliphatic hydroxyl groups excluding tert-OH is 11. The molecule has 16 atom stereocenters. The van der Waals surface area contributed by atoms with E-state index in [1.54, 1.807) is 0 Å². The number of aliphatic imine (C=N–C) groups is 1. The topological polar surface area (TPSA) is 328 Å². The third-order valence-corrected chi connectivity index (χ3v) is 7.40. The van der Waals surface area contributed by atoms with Crippen LogP contribution in [0.25, 0.3) is 0 Å². The van der Waals surface area contributed by atoms with E-state index in [2.05, 4.69) is 4.99 Å². The maximum atomic E-state index is 12.4. The zero-order valence-corrected chi connectivity index (χ0v) is 22.7. The molecule has 0 aliphatic carbocycles. The molecule has 3 aliphatic rings. The Morgan fingerprint density at radius 2 is 1.65 bits per heavy atom. The normalized spacial score (nSPS) is 45.5. The van der Waals surface area contributed by atoms with E-state index in [0.717, 1.165) is 6.40 Å². The number of aliphatic hydroxyl groups is 11. The van der Waals surface area contributed by atoms with Crippen molar-refractivity contribution in [2.24, 2.45) is 4.99 Å². The third-order valence-electron chi connectivity index (χ3n) is 7.40. The molecule has 12 N–H and O–H groups in total. The number of nitrogens with zero attached hydrogens (tertiary/aromatic N) is 1. The molecular formula is C23H39NO19. The Morgan fingerprint density at radius 3 is 2.23 bits per heavy atom. The van der Waals surface area contributed by atoms with Crippen molar-refractivity contribution in [2.75, 3.05) is 26.9 Å². The Hall–Kier alpha value is -1.70. The van der Waals surface area contributed by atoms with E-state index in [1.807, 2.05) is 0 Å². The van der Waals surface area contributed by atoms with E-state index in [-0.39, 0.29) is 0 Å². The predicted octanol–water partition coefficient (Wildman–Crippen LogP) is -7.68. The van der Waals surface area contributed by atoms with Gasteiger partial charge in [0.15, 0.2) is 19.0 Å². The molecule has 0 amide bonds. The van der Waals surface area contributed by atoms with Gasteiger partial charge in [-0.15, -0.1) is 0 Å². The van der Waals surface area contributed by atoms with Gasteiger partial charge in [-0.1, -0.05) is 0 Å². The summed E-state index contributed by atoms with van der Waals surface area (Å²) in [5, 5.41) is 121. The summed E-state index contributed by atoms with van der Waals surface area (Å²) in [6.07, 6.45) is -25.6. The second-order valence-electron chi connectivity index (χ2n) is 10.3. The first-order valence-electron chi connectivity index (χ1n) is 13.1. The number of hydrogen-bond donors (Lipinski definition) is 12. The molecule has 20 heteroatoms. The molecule has 3 saturated heterocycles. The fourth-order valence-electron chi connectivity index (χ4n) is 4.93. The van der Waals surface area contributed by atoms with Crippen molar-refractivity contribution in [1.29, 1.82) is 0 Å². The molecule has 250 valence electrons. The van der Waals surface area contributed by atoms with Crippen LogP contribution in [0.2, 0.25) is 0 Å². The van der Waals surface area contributed by atoms with Gasteiger partial charge in [-0.25, -0.2) is 9.79 Å². The lowest BCUT2D eigenvalue weighted by Gasteiger charge is -2.47. The van der Waals surface area contributed by atoms with Gasteiger partial charge in [0, 0.05) is 6.42 Å². The summed E-state index contributed by atoms with van der Waals surface area (Å²) < 4.78 is 31.5. The van der Waals surface area contributed by atoms with Crippen LogP contribution in [0.5, 0.6) is 0 Å². The Morgan fingerprint density at radius 1 is 0.977 bits per heavy atom. The summed E-state index contributed by atoms with van der Waals surface area (Å²) in [6, 6.07) is -1.41. The number of carboxylic acid groups (broad SMARTS) is 1. The highest BCUT2D eigenvalue weighted by molar-refractivity contribution is 5.76. The van der Waals surface area contributed by atoms with Crippen molar-refractivity contribution < 1.29 is 94.5 Å². The van der Waals surface area contributed by atoms with Crippen LogP contribution in [-0.4, -0.2) is 198 Å². The first-order chi connectivity index (χ1) is 20.2. The third kappa shape index (κ3) is 7.58. The highest BCUT2D eigenvalue weighted by atomic mass is 16.8. The van der Waals surface area contributed by atoms with Crippen LogP contribution in [0.3, 0.4) is 0 Å². The summed E-state index contributed by atoms with van der Waals surface area (Å²) in [6.45, 7) is -2.74. The molecule has 0 radical (unpaired) electrons. The maximum Gasteiger partial charge on any atom is 0.364 e. The average molecular weight is 634 g/mol. The molecule has 3 aliphatic heterocycles. The van der Waals surface area contributed by atoms with Crippen LogP contribution >= 0.6 is 0 Å². The number of methoxy groups -OCH3 is 1. The lowest BCUT2D eigenvalue weighted by molar-refractivity contribution is -0.364. The van der Waals surface area contributed by atoms with Crippen molar-refractivity contribution in [3.63, 3.8) is 0 Å². The minimum absolute atomic E-state index is 0.829. The molecule has 16 unspecified atom stereocenters. The minimum atomic E-state index is -2.78. The molecule has 0 bridgehead atoms. The molecule has 3 rings (SSSR count). The smallest absolute Gasteiger partial charge is 0.364 e.